The summed E-state index contributed by atoms with van der Waals surface area (Å²) in [6.45, 7) is 14.7. The molecule has 6 rings (SSSR count). The Kier molecular flexibility index (Phi) is 21.1. The van der Waals surface area contributed by atoms with Crippen LogP contribution in [-0.2, 0) is 51.2 Å². The maximum Gasteiger partial charge on any atom is 0.246 e. The Bertz CT molecular complexity index is 2480. The number of nitrogens with one attached hydrogen (secondary N) is 8. The summed E-state index contributed by atoms with van der Waals surface area (Å²) in [7, 11) is 3.32. The van der Waals surface area contributed by atoms with E-state index in [1.807, 2.05) is 77.9 Å². The van der Waals surface area contributed by atoms with Crippen LogP contribution in [-0.4, -0.2) is 133 Å². The number of likely N-dealkylation sites (tertiary alicyclic amines) is 2. The van der Waals surface area contributed by atoms with Crippen molar-refractivity contribution in [2.24, 2.45) is 10.8 Å². The van der Waals surface area contributed by atoms with E-state index in [9.17, 15) is 38.4 Å². The second-order valence-corrected chi connectivity index (χ2v) is 23.6. The minimum Gasteiger partial charge on any atom is -0.351 e. The number of nitrogens with zero attached hydrogens (tertiary/aromatic N) is 2. The van der Waals surface area contributed by atoms with E-state index in [2.05, 4.69) is 78.3 Å². The quantitative estimate of drug-likeness (QED) is 0.101. The standard InChI is InChI=1S/C60H84N10O8/c1-37(61-9)53(73)67-51(59(3,4)5)57(77)69-35-41(33-47(69)55(75)65-45-29-21-25-39-23-17-19-27-43(39)45)63-49(71)31-15-13-11-12-14-16-32-50(72)64-42-34-48(56(76)66-46-30-22-26-40-24-18-20-28-44(40)46)70(36-42)58(78)52(60(6,7)8)68-54(74)38(2)62-10/h17-20,23-24,27-28,37-38,41-42,45-48,51-52,61-62H,15-16,21-22,25-26,29-36H2,1-10H3,(H,63,71)(H,64,72)(H,65,75)(H,66,76)(H,67,73)(H,68,74)/t37-,38-,41-,42-,45+,46+,47-,48-,51+,52+/m0/s1. The van der Waals surface area contributed by atoms with Gasteiger partial charge in [0.15, 0.2) is 0 Å². The minimum atomic E-state index is -0.943. The van der Waals surface area contributed by atoms with E-state index in [-0.39, 0.29) is 99.1 Å². The highest BCUT2D eigenvalue weighted by Crippen LogP contribution is 2.34. The number of aryl methyl sites for hydroxylation is 2. The number of fused-ring (bicyclic) bond motifs is 2. The molecular weight excluding hydrogens is 989 g/mol. The van der Waals surface area contributed by atoms with Crippen LogP contribution in [0.2, 0.25) is 0 Å². The molecule has 422 valence electrons. The third kappa shape index (κ3) is 15.9. The summed E-state index contributed by atoms with van der Waals surface area (Å²) in [6.07, 6.45) is 6.05. The lowest BCUT2D eigenvalue weighted by Crippen LogP contribution is -2.59. The van der Waals surface area contributed by atoms with E-state index < -0.39 is 71.0 Å². The molecule has 2 fully saturated rings. The molecule has 0 saturated carbocycles. The third-order valence-electron chi connectivity index (χ3n) is 15.5. The van der Waals surface area contributed by atoms with E-state index >= 15 is 0 Å². The van der Waals surface area contributed by atoms with E-state index in [0.717, 1.165) is 49.7 Å². The van der Waals surface area contributed by atoms with Gasteiger partial charge in [-0.2, -0.15) is 0 Å². The van der Waals surface area contributed by atoms with Gasteiger partial charge in [-0.3, -0.25) is 38.4 Å². The predicted octanol–water partition coefficient (Wildman–Crippen LogP) is 3.39. The minimum absolute atomic E-state index is 0.0473. The van der Waals surface area contributed by atoms with Gasteiger partial charge in [0.2, 0.25) is 47.3 Å². The molecule has 18 heteroatoms. The van der Waals surface area contributed by atoms with E-state index in [0.29, 0.717) is 0 Å². The van der Waals surface area contributed by atoms with Crippen molar-refractivity contribution in [3.63, 3.8) is 0 Å². The molecule has 4 aliphatic rings. The van der Waals surface area contributed by atoms with Crippen molar-refractivity contribution in [3.05, 3.63) is 70.8 Å². The average Bonchev–Trinajstić information content (AvgIpc) is 4.10. The Balaban J connectivity index is 1.03. The van der Waals surface area contributed by atoms with Gasteiger partial charge < -0.3 is 52.3 Å². The summed E-state index contributed by atoms with van der Waals surface area (Å²) < 4.78 is 0. The SMILES string of the molecule is CN[C@@H](C)C(=O)N[C@H](C(=O)N1C[C@@H](NC(=O)CCC#CC#CCCC(=O)N[C@H]2C[C@@H](C(=O)N[C@@H]3CCCc4ccccc43)N(C(=O)[C@@H](NC(=O)[C@H](C)NC)C(C)(C)C)C2)C[C@H]1C(=O)N[C@@H]1CCCc2ccccc21)C(C)(C)C. The molecule has 2 aliphatic heterocycles. The van der Waals surface area contributed by atoms with Crippen molar-refractivity contribution in [1.82, 2.24) is 52.3 Å². The van der Waals surface area contributed by atoms with Crippen LogP contribution >= 0.6 is 0 Å². The van der Waals surface area contributed by atoms with Gasteiger partial charge in [-0.05, 0) is 124 Å². The smallest absolute Gasteiger partial charge is 0.246 e. The monoisotopic (exact) mass is 1070 g/mol. The fraction of sp³-hybridized carbons (Fsp3) is 0.600. The van der Waals surface area contributed by atoms with Gasteiger partial charge in [0, 0.05) is 50.9 Å². The first-order valence-electron chi connectivity index (χ1n) is 27.9. The van der Waals surface area contributed by atoms with Crippen LogP contribution in [0.1, 0.15) is 154 Å². The normalized spacial score (nSPS) is 22.2. The molecule has 2 aromatic rings. The fourth-order valence-corrected chi connectivity index (χ4v) is 10.8. The summed E-state index contributed by atoms with van der Waals surface area (Å²) >= 11 is 0. The van der Waals surface area contributed by atoms with Crippen molar-refractivity contribution in [3.8, 4) is 23.7 Å². The zero-order valence-corrected chi connectivity index (χ0v) is 47.5. The van der Waals surface area contributed by atoms with Crippen LogP contribution in [0.15, 0.2) is 48.5 Å². The van der Waals surface area contributed by atoms with Gasteiger partial charge in [0.1, 0.15) is 24.2 Å². The zero-order valence-electron chi connectivity index (χ0n) is 47.5. The highest BCUT2D eigenvalue weighted by Gasteiger charge is 2.48. The maximum absolute atomic E-state index is 14.5. The molecule has 10 atom stereocenters. The molecule has 2 aromatic carbocycles. The van der Waals surface area contributed by atoms with Crippen LogP contribution < -0.4 is 42.5 Å². The highest BCUT2D eigenvalue weighted by atomic mass is 16.2. The lowest BCUT2D eigenvalue weighted by Gasteiger charge is -2.36. The number of hydrogen-bond donors (Lipinski definition) is 8. The molecule has 0 spiro atoms. The number of carbonyl (C=O) groups excluding carboxylic acids is 8. The molecule has 78 heavy (non-hydrogen) atoms. The Morgan fingerprint density at radius 3 is 1.29 bits per heavy atom. The van der Waals surface area contributed by atoms with Gasteiger partial charge in [-0.25, -0.2) is 0 Å². The molecule has 2 heterocycles. The van der Waals surface area contributed by atoms with Crippen LogP contribution in [0.25, 0.3) is 0 Å². The number of amides is 8. The van der Waals surface area contributed by atoms with Gasteiger partial charge in [0.05, 0.1) is 24.2 Å². The van der Waals surface area contributed by atoms with Crippen LogP contribution in [0, 0.1) is 34.5 Å². The molecule has 8 amide bonds. The number of carbonyl (C=O) groups is 8. The first-order chi connectivity index (χ1) is 37.0. The summed E-state index contributed by atoms with van der Waals surface area (Å²) in [5.41, 5.74) is 3.09. The maximum atomic E-state index is 14.5. The van der Waals surface area contributed by atoms with Gasteiger partial charge in [0.25, 0.3) is 0 Å². The van der Waals surface area contributed by atoms with Gasteiger partial charge in [-0.15, -0.1) is 0 Å². The lowest BCUT2D eigenvalue weighted by molar-refractivity contribution is -0.144. The van der Waals surface area contributed by atoms with Crippen LogP contribution in [0.5, 0.6) is 0 Å². The average molecular weight is 1070 g/mol. The lowest BCUT2D eigenvalue weighted by atomic mass is 9.85. The summed E-state index contributed by atoms with van der Waals surface area (Å²) in [6, 6.07) is 9.82. The summed E-state index contributed by atoms with van der Waals surface area (Å²) in [4.78, 5) is 113. The molecule has 2 saturated heterocycles. The molecule has 8 N–H and O–H groups in total. The number of likely N-dealkylation sites (N-methyl/N-ethyl adjacent to an activating group) is 2. The van der Waals surface area contributed by atoms with Crippen molar-refractivity contribution in [1.29, 1.82) is 0 Å². The highest BCUT2D eigenvalue weighted by molar-refractivity contribution is 5.95. The zero-order chi connectivity index (χ0) is 56.9. The van der Waals surface area contributed by atoms with Gasteiger partial charge in [-0.1, -0.05) is 102 Å². The van der Waals surface area contributed by atoms with E-state index in [1.54, 1.807) is 27.9 Å². The molecule has 0 radical (unpaired) electrons. The van der Waals surface area contributed by atoms with Crippen molar-refractivity contribution in [2.75, 3.05) is 27.2 Å². The summed E-state index contributed by atoms with van der Waals surface area (Å²) in [5.74, 6) is 8.60. The summed E-state index contributed by atoms with van der Waals surface area (Å²) in [5, 5.41) is 24.1. The Morgan fingerprint density at radius 2 is 0.936 bits per heavy atom. The molecule has 0 bridgehead atoms. The second kappa shape index (κ2) is 27.2. The molecule has 18 nitrogen and oxygen atoms in total. The first-order valence-corrected chi connectivity index (χ1v) is 27.9. The van der Waals surface area contributed by atoms with Crippen LogP contribution in [0.3, 0.4) is 0 Å². The number of benzene rings is 2. The predicted molar refractivity (Wildman–Crippen MR) is 298 cm³/mol. The Hall–Kier alpha value is -6.76. The fourth-order valence-electron chi connectivity index (χ4n) is 10.8. The van der Waals surface area contributed by atoms with E-state index in [4.69, 9.17) is 0 Å². The second-order valence-electron chi connectivity index (χ2n) is 23.6. The van der Waals surface area contributed by atoms with Crippen molar-refractivity contribution >= 4 is 47.3 Å². The Labute approximate surface area is 461 Å². The first kappa shape index (κ1) is 60.5. The van der Waals surface area contributed by atoms with Crippen LogP contribution in [0.4, 0.5) is 0 Å². The number of hydrogen-bond acceptors (Lipinski definition) is 10. The topological polar surface area (TPSA) is 239 Å². The van der Waals surface area contributed by atoms with Crippen molar-refractivity contribution in [2.45, 2.75) is 193 Å². The van der Waals surface area contributed by atoms with Crippen molar-refractivity contribution < 1.29 is 38.4 Å². The third-order valence-corrected chi connectivity index (χ3v) is 15.5. The van der Waals surface area contributed by atoms with Gasteiger partial charge >= 0.3 is 0 Å². The molecule has 2 aliphatic carbocycles. The van der Waals surface area contributed by atoms with E-state index in [1.165, 1.54) is 20.9 Å². The molecule has 0 unspecified atom stereocenters. The molecular formula is C60H84N10O8. The molecule has 0 aromatic heterocycles. The largest absolute Gasteiger partial charge is 0.351 e. The Morgan fingerprint density at radius 1 is 0.564 bits per heavy atom. The number of rotatable bonds is 18.